The third-order valence-corrected chi connectivity index (χ3v) is 5.00. The molecule has 1 atom stereocenters. The summed E-state index contributed by atoms with van der Waals surface area (Å²) >= 11 is 0. The molecule has 1 aliphatic heterocycles. The monoisotopic (exact) mass is 365 g/mol. The summed E-state index contributed by atoms with van der Waals surface area (Å²) in [5.41, 5.74) is 2.62. The van der Waals surface area contributed by atoms with Crippen LogP contribution in [0.1, 0.15) is 60.5 Å². The SMILES string of the molecule is CC(C)c1nc(-c2ccc(C(=O)N3CCCC(c4ccn[nH]4)C3)cc2)no1. The van der Waals surface area contributed by atoms with Crippen molar-refractivity contribution in [3.8, 4) is 11.4 Å². The van der Waals surface area contributed by atoms with Gasteiger partial charge in [-0.1, -0.05) is 31.1 Å². The summed E-state index contributed by atoms with van der Waals surface area (Å²) in [6.45, 7) is 5.52. The molecule has 0 saturated carbocycles. The Kier molecular flexibility index (Phi) is 4.75. The number of carbonyl (C=O) groups is 1. The highest BCUT2D eigenvalue weighted by Gasteiger charge is 2.26. The predicted octanol–water partition coefficient (Wildman–Crippen LogP) is 3.60. The first kappa shape index (κ1) is 17.5. The van der Waals surface area contributed by atoms with E-state index in [2.05, 4.69) is 20.3 Å². The normalized spacial score (nSPS) is 17.4. The lowest BCUT2D eigenvalue weighted by molar-refractivity contribution is 0.0706. The Bertz CT molecular complexity index is 899. The van der Waals surface area contributed by atoms with Crippen LogP contribution in [-0.2, 0) is 0 Å². The van der Waals surface area contributed by atoms with Gasteiger partial charge in [0.2, 0.25) is 11.7 Å². The van der Waals surface area contributed by atoms with Gasteiger partial charge < -0.3 is 9.42 Å². The Morgan fingerprint density at radius 1 is 1.26 bits per heavy atom. The van der Waals surface area contributed by atoms with Crippen molar-refractivity contribution in [2.75, 3.05) is 13.1 Å². The summed E-state index contributed by atoms with van der Waals surface area (Å²) in [6.07, 6.45) is 3.83. The molecule has 0 radical (unpaired) electrons. The molecule has 1 fully saturated rings. The van der Waals surface area contributed by atoms with Crippen molar-refractivity contribution in [2.24, 2.45) is 0 Å². The van der Waals surface area contributed by atoms with E-state index in [1.165, 1.54) is 0 Å². The van der Waals surface area contributed by atoms with E-state index in [9.17, 15) is 4.79 Å². The third kappa shape index (κ3) is 3.63. The lowest BCUT2D eigenvalue weighted by Gasteiger charge is -2.32. The van der Waals surface area contributed by atoms with Gasteiger partial charge in [0.25, 0.3) is 5.91 Å². The van der Waals surface area contributed by atoms with E-state index in [4.69, 9.17) is 4.52 Å². The number of nitrogens with one attached hydrogen (secondary N) is 1. The van der Waals surface area contributed by atoms with Crippen molar-refractivity contribution in [2.45, 2.75) is 38.5 Å². The number of benzene rings is 1. The number of nitrogens with zero attached hydrogens (tertiary/aromatic N) is 4. The smallest absolute Gasteiger partial charge is 0.253 e. The Balaban J connectivity index is 1.47. The molecule has 3 heterocycles. The number of hydrogen-bond acceptors (Lipinski definition) is 5. The average molecular weight is 365 g/mol. The molecule has 1 saturated heterocycles. The summed E-state index contributed by atoms with van der Waals surface area (Å²) in [5.74, 6) is 1.73. The summed E-state index contributed by atoms with van der Waals surface area (Å²) < 4.78 is 5.26. The van der Waals surface area contributed by atoms with Crippen molar-refractivity contribution in [3.63, 3.8) is 0 Å². The second-order valence-electron chi connectivity index (χ2n) is 7.29. The maximum absolute atomic E-state index is 12.9. The van der Waals surface area contributed by atoms with Gasteiger partial charge in [-0.25, -0.2) is 0 Å². The molecule has 1 aliphatic rings. The van der Waals surface area contributed by atoms with Crippen LogP contribution < -0.4 is 0 Å². The number of H-pyrrole nitrogens is 1. The quantitative estimate of drug-likeness (QED) is 0.763. The first-order valence-electron chi connectivity index (χ1n) is 9.34. The molecule has 3 aromatic rings. The maximum Gasteiger partial charge on any atom is 0.253 e. The minimum atomic E-state index is 0.0572. The number of aromatic nitrogens is 4. The number of hydrogen-bond donors (Lipinski definition) is 1. The molecular weight excluding hydrogens is 342 g/mol. The molecule has 7 nitrogen and oxygen atoms in total. The number of carbonyl (C=O) groups excluding carboxylic acids is 1. The molecule has 1 unspecified atom stereocenters. The second-order valence-corrected chi connectivity index (χ2v) is 7.29. The van der Waals surface area contributed by atoms with Crippen LogP contribution in [0, 0.1) is 0 Å². The van der Waals surface area contributed by atoms with Crippen molar-refractivity contribution >= 4 is 5.91 Å². The van der Waals surface area contributed by atoms with Crippen LogP contribution in [0.5, 0.6) is 0 Å². The highest BCUT2D eigenvalue weighted by molar-refractivity contribution is 5.94. The zero-order chi connectivity index (χ0) is 18.8. The van der Waals surface area contributed by atoms with Gasteiger partial charge in [0.15, 0.2) is 0 Å². The molecule has 0 spiro atoms. The molecule has 0 bridgehead atoms. The van der Waals surface area contributed by atoms with Crippen molar-refractivity contribution in [1.29, 1.82) is 0 Å². The van der Waals surface area contributed by atoms with Crippen molar-refractivity contribution < 1.29 is 9.32 Å². The van der Waals surface area contributed by atoms with Gasteiger partial charge in [-0.05, 0) is 31.0 Å². The van der Waals surface area contributed by atoms with Crippen LogP contribution in [0.25, 0.3) is 11.4 Å². The molecular formula is C20H23N5O2. The number of amides is 1. The molecule has 27 heavy (non-hydrogen) atoms. The Labute approximate surface area is 157 Å². The van der Waals surface area contributed by atoms with Crippen LogP contribution in [0.3, 0.4) is 0 Å². The van der Waals surface area contributed by atoms with Crippen LogP contribution in [-0.4, -0.2) is 44.2 Å². The van der Waals surface area contributed by atoms with E-state index in [1.807, 2.05) is 49.1 Å². The zero-order valence-corrected chi connectivity index (χ0v) is 15.6. The Morgan fingerprint density at radius 2 is 2.07 bits per heavy atom. The highest BCUT2D eigenvalue weighted by Crippen LogP contribution is 2.27. The number of likely N-dealkylation sites (tertiary alicyclic amines) is 1. The number of aromatic amines is 1. The minimum absolute atomic E-state index is 0.0572. The molecule has 7 heteroatoms. The standard InChI is InChI=1S/C20H23N5O2/c1-13(2)19-22-18(24-27-19)14-5-7-15(8-6-14)20(26)25-11-3-4-16(12-25)17-9-10-21-23-17/h5-10,13,16H,3-4,11-12H2,1-2H3,(H,21,23). The third-order valence-electron chi connectivity index (χ3n) is 5.00. The maximum atomic E-state index is 12.9. The van der Waals surface area contributed by atoms with E-state index < -0.39 is 0 Å². The number of rotatable bonds is 4. The van der Waals surface area contributed by atoms with Crippen LogP contribution in [0.4, 0.5) is 0 Å². The van der Waals surface area contributed by atoms with Gasteiger partial charge in [-0.2, -0.15) is 10.1 Å². The molecule has 1 aromatic carbocycles. The molecule has 1 amide bonds. The molecule has 2 aromatic heterocycles. The molecule has 1 N–H and O–H groups in total. The van der Waals surface area contributed by atoms with Gasteiger partial charge in [-0.15, -0.1) is 0 Å². The highest BCUT2D eigenvalue weighted by atomic mass is 16.5. The fraction of sp³-hybridized carbons (Fsp3) is 0.400. The van der Waals surface area contributed by atoms with E-state index in [0.29, 0.717) is 29.7 Å². The Morgan fingerprint density at radius 3 is 2.74 bits per heavy atom. The second kappa shape index (κ2) is 7.34. The van der Waals surface area contributed by atoms with E-state index in [0.717, 1.165) is 30.6 Å². The van der Waals surface area contributed by atoms with E-state index >= 15 is 0 Å². The fourth-order valence-corrected chi connectivity index (χ4v) is 3.44. The fourth-order valence-electron chi connectivity index (χ4n) is 3.44. The summed E-state index contributed by atoms with van der Waals surface area (Å²) in [4.78, 5) is 19.2. The average Bonchev–Trinajstić information content (AvgIpc) is 3.40. The largest absolute Gasteiger partial charge is 0.339 e. The topological polar surface area (TPSA) is 87.9 Å². The Hall–Kier alpha value is -2.96. The summed E-state index contributed by atoms with van der Waals surface area (Å²) in [5, 5.41) is 11.1. The zero-order valence-electron chi connectivity index (χ0n) is 15.6. The summed E-state index contributed by atoms with van der Waals surface area (Å²) in [6, 6.07) is 9.41. The van der Waals surface area contributed by atoms with Gasteiger partial charge in [0.05, 0.1) is 0 Å². The number of piperidine rings is 1. The minimum Gasteiger partial charge on any atom is -0.339 e. The van der Waals surface area contributed by atoms with Gasteiger partial charge in [0, 0.05) is 47.9 Å². The lowest BCUT2D eigenvalue weighted by Crippen LogP contribution is -2.39. The molecule has 140 valence electrons. The van der Waals surface area contributed by atoms with E-state index in [-0.39, 0.29) is 11.8 Å². The van der Waals surface area contributed by atoms with Crippen LogP contribution in [0.2, 0.25) is 0 Å². The van der Waals surface area contributed by atoms with Crippen molar-refractivity contribution in [1.82, 2.24) is 25.2 Å². The van der Waals surface area contributed by atoms with E-state index in [1.54, 1.807) is 6.20 Å². The van der Waals surface area contributed by atoms with Crippen molar-refractivity contribution in [3.05, 3.63) is 53.7 Å². The molecule has 4 rings (SSSR count). The first-order valence-corrected chi connectivity index (χ1v) is 9.34. The van der Waals surface area contributed by atoms with Gasteiger partial charge in [-0.3, -0.25) is 9.89 Å². The van der Waals surface area contributed by atoms with Crippen LogP contribution >= 0.6 is 0 Å². The molecule has 0 aliphatic carbocycles. The first-order chi connectivity index (χ1) is 13.1. The van der Waals surface area contributed by atoms with Gasteiger partial charge in [0.1, 0.15) is 0 Å². The van der Waals surface area contributed by atoms with Gasteiger partial charge >= 0.3 is 0 Å². The van der Waals surface area contributed by atoms with Crippen LogP contribution in [0.15, 0.2) is 41.1 Å². The predicted molar refractivity (Wildman–Crippen MR) is 100 cm³/mol. The lowest BCUT2D eigenvalue weighted by atomic mass is 9.94. The summed E-state index contributed by atoms with van der Waals surface area (Å²) in [7, 11) is 0.